The molecule has 6 heteroatoms. The molecule has 104 valence electrons. The number of benzene rings is 2. The molecular weight excluding hydrogens is 330 g/mol. The van der Waals surface area contributed by atoms with Gasteiger partial charge >= 0.3 is 0 Å². The van der Waals surface area contributed by atoms with E-state index >= 15 is 0 Å². The largest absolute Gasteiger partial charge is 0.374 e. The van der Waals surface area contributed by atoms with Crippen LogP contribution in [0.2, 0.25) is 0 Å². The molecule has 0 aliphatic rings. The van der Waals surface area contributed by atoms with E-state index in [-0.39, 0.29) is 24.0 Å². The minimum Gasteiger partial charge on any atom is -0.374 e. The van der Waals surface area contributed by atoms with Crippen LogP contribution in [-0.4, -0.2) is 12.5 Å². The van der Waals surface area contributed by atoms with Crippen molar-refractivity contribution < 1.29 is 13.6 Å². The van der Waals surface area contributed by atoms with E-state index in [2.05, 4.69) is 26.6 Å². The highest BCUT2D eigenvalue weighted by molar-refractivity contribution is 9.10. The van der Waals surface area contributed by atoms with Crippen molar-refractivity contribution in [3.8, 4) is 0 Å². The van der Waals surface area contributed by atoms with Gasteiger partial charge in [0.2, 0.25) is 5.91 Å². The molecule has 2 rings (SSSR count). The number of nitrogens with one attached hydrogen (secondary N) is 2. The number of amides is 1. The smallest absolute Gasteiger partial charge is 0.243 e. The van der Waals surface area contributed by atoms with Crippen molar-refractivity contribution >= 4 is 33.2 Å². The summed E-state index contributed by atoms with van der Waals surface area (Å²) in [6.07, 6.45) is 0. The lowest BCUT2D eigenvalue weighted by molar-refractivity contribution is -0.114. The summed E-state index contributed by atoms with van der Waals surface area (Å²) < 4.78 is 26.8. The van der Waals surface area contributed by atoms with Crippen LogP contribution in [0.15, 0.2) is 46.9 Å². The van der Waals surface area contributed by atoms with Gasteiger partial charge in [0.15, 0.2) is 0 Å². The van der Waals surface area contributed by atoms with Gasteiger partial charge in [0, 0.05) is 10.2 Å². The first-order chi connectivity index (χ1) is 9.54. The maximum absolute atomic E-state index is 13.4. The Balaban J connectivity index is 1.92. The van der Waals surface area contributed by atoms with E-state index in [1.54, 1.807) is 12.1 Å². The topological polar surface area (TPSA) is 41.1 Å². The van der Waals surface area contributed by atoms with Crippen LogP contribution >= 0.6 is 15.9 Å². The average molecular weight is 341 g/mol. The molecule has 0 unspecified atom stereocenters. The SMILES string of the molecule is O=C(CNc1cc(Br)ccc1F)Nc1ccc(F)cc1. The third kappa shape index (κ3) is 4.03. The zero-order chi connectivity index (χ0) is 14.5. The van der Waals surface area contributed by atoms with Crippen molar-refractivity contribution in [3.05, 3.63) is 58.6 Å². The van der Waals surface area contributed by atoms with E-state index in [0.717, 1.165) is 0 Å². The number of carbonyl (C=O) groups excluding carboxylic acids is 1. The molecular formula is C14H11BrF2N2O. The molecule has 0 saturated heterocycles. The lowest BCUT2D eigenvalue weighted by Crippen LogP contribution is -2.22. The fraction of sp³-hybridized carbons (Fsp3) is 0.0714. The molecule has 3 nitrogen and oxygen atoms in total. The number of carbonyl (C=O) groups is 1. The highest BCUT2D eigenvalue weighted by Crippen LogP contribution is 2.19. The summed E-state index contributed by atoms with van der Waals surface area (Å²) in [4.78, 5) is 11.7. The molecule has 0 spiro atoms. The fourth-order valence-corrected chi connectivity index (χ4v) is 1.91. The lowest BCUT2D eigenvalue weighted by Gasteiger charge is -2.09. The van der Waals surface area contributed by atoms with Gasteiger partial charge in [-0.2, -0.15) is 0 Å². The van der Waals surface area contributed by atoms with Crippen LogP contribution in [0.4, 0.5) is 20.2 Å². The van der Waals surface area contributed by atoms with Crippen LogP contribution in [0, 0.1) is 11.6 Å². The normalized spacial score (nSPS) is 10.2. The van der Waals surface area contributed by atoms with Crippen molar-refractivity contribution in [2.45, 2.75) is 0 Å². The summed E-state index contributed by atoms with van der Waals surface area (Å²) in [6.45, 7) is -0.0925. The molecule has 1 amide bonds. The monoisotopic (exact) mass is 340 g/mol. The van der Waals surface area contributed by atoms with Gasteiger partial charge in [0.1, 0.15) is 11.6 Å². The average Bonchev–Trinajstić information content (AvgIpc) is 2.42. The standard InChI is InChI=1S/C14H11BrF2N2O/c15-9-1-6-12(17)13(7-9)18-8-14(20)19-11-4-2-10(16)3-5-11/h1-7,18H,8H2,(H,19,20). The molecule has 2 N–H and O–H groups in total. The van der Waals surface area contributed by atoms with Gasteiger partial charge in [-0.05, 0) is 42.5 Å². The quantitative estimate of drug-likeness (QED) is 0.889. The summed E-state index contributed by atoms with van der Waals surface area (Å²) >= 11 is 3.22. The predicted octanol–water partition coefficient (Wildman–Crippen LogP) is 3.78. The molecule has 0 atom stereocenters. The molecule has 2 aromatic rings. The Labute approximate surface area is 123 Å². The zero-order valence-electron chi connectivity index (χ0n) is 10.3. The Kier molecular flexibility index (Phi) is 4.68. The number of hydrogen-bond donors (Lipinski definition) is 2. The van der Waals surface area contributed by atoms with Crippen molar-refractivity contribution in [1.29, 1.82) is 0 Å². The summed E-state index contributed by atoms with van der Waals surface area (Å²) in [5.41, 5.74) is 0.710. The highest BCUT2D eigenvalue weighted by atomic mass is 79.9. The van der Waals surface area contributed by atoms with Crippen LogP contribution in [0.1, 0.15) is 0 Å². The van der Waals surface area contributed by atoms with E-state index in [4.69, 9.17) is 0 Å². The molecule has 0 radical (unpaired) electrons. The third-order valence-electron chi connectivity index (χ3n) is 2.50. The molecule has 0 heterocycles. The third-order valence-corrected chi connectivity index (χ3v) is 2.99. The van der Waals surface area contributed by atoms with Crippen molar-refractivity contribution in [2.75, 3.05) is 17.2 Å². The van der Waals surface area contributed by atoms with E-state index in [0.29, 0.717) is 10.2 Å². The van der Waals surface area contributed by atoms with Gasteiger partial charge in [0.25, 0.3) is 0 Å². The maximum Gasteiger partial charge on any atom is 0.243 e. The number of anilines is 2. The first kappa shape index (κ1) is 14.5. The number of hydrogen-bond acceptors (Lipinski definition) is 2. The summed E-state index contributed by atoms with van der Waals surface area (Å²) in [5.74, 6) is -1.17. The first-order valence-corrected chi connectivity index (χ1v) is 6.58. The van der Waals surface area contributed by atoms with E-state index in [1.165, 1.54) is 30.3 Å². The Morgan fingerprint density at radius 1 is 1.10 bits per heavy atom. The van der Waals surface area contributed by atoms with Crippen LogP contribution in [0.5, 0.6) is 0 Å². The number of halogens is 3. The van der Waals surface area contributed by atoms with Gasteiger partial charge < -0.3 is 10.6 Å². The minimum absolute atomic E-state index is 0.0925. The van der Waals surface area contributed by atoms with Gasteiger partial charge in [-0.3, -0.25) is 4.79 Å². The summed E-state index contributed by atoms with van der Waals surface area (Å²) in [6, 6.07) is 9.80. The Bertz CT molecular complexity index is 617. The Hall–Kier alpha value is -1.95. The molecule has 0 aliphatic carbocycles. The lowest BCUT2D eigenvalue weighted by atomic mass is 10.3. The van der Waals surface area contributed by atoms with Crippen molar-refractivity contribution in [1.82, 2.24) is 0 Å². The first-order valence-electron chi connectivity index (χ1n) is 5.79. The fourth-order valence-electron chi connectivity index (χ4n) is 1.55. The van der Waals surface area contributed by atoms with Crippen LogP contribution in [0.25, 0.3) is 0 Å². The molecule has 0 fully saturated rings. The molecule has 2 aromatic carbocycles. The van der Waals surface area contributed by atoms with Gasteiger partial charge in [-0.15, -0.1) is 0 Å². The summed E-state index contributed by atoms with van der Waals surface area (Å²) in [7, 11) is 0. The Morgan fingerprint density at radius 2 is 1.80 bits per heavy atom. The highest BCUT2D eigenvalue weighted by Gasteiger charge is 2.06. The maximum atomic E-state index is 13.4. The van der Waals surface area contributed by atoms with Crippen LogP contribution in [0.3, 0.4) is 0 Å². The second kappa shape index (κ2) is 6.47. The Morgan fingerprint density at radius 3 is 2.50 bits per heavy atom. The zero-order valence-corrected chi connectivity index (χ0v) is 11.9. The van der Waals surface area contributed by atoms with E-state index in [1.807, 2.05) is 0 Å². The predicted molar refractivity (Wildman–Crippen MR) is 77.6 cm³/mol. The second-order valence-corrected chi connectivity index (χ2v) is 4.95. The van der Waals surface area contributed by atoms with Crippen LogP contribution in [-0.2, 0) is 4.79 Å². The molecule has 0 saturated carbocycles. The van der Waals surface area contributed by atoms with E-state index in [9.17, 15) is 13.6 Å². The van der Waals surface area contributed by atoms with Gasteiger partial charge in [0.05, 0.1) is 12.2 Å². The molecule has 0 bridgehead atoms. The number of rotatable bonds is 4. The van der Waals surface area contributed by atoms with E-state index < -0.39 is 5.82 Å². The van der Waals surface area contributed by atoms with Crippen molar-refractivity contribution in [3.63, 3.8) is 0 Å². The summed E-state index contributed by atoms with van der Waals surface area (Å²) in [5, 5.41) is 5.27. The second-order valence-electron chi connectivity index (χ2n) is 4.03. The molecule has 20 heavy (non-hydrogen) atoms. The molecule has 0 aliphatic heterocycles. The van der Waals surface area contributed by atoms with Gasteiger partial charge in [-0.1, -0.05) is 15.9 Å². The van der Waals surface area contributed by atoms with Crippen molar-refractivity contribution in [2.24, 2.45) is 0 Å². The van der Waals surface area contributed by atoms with Gasteiger partial charge in [-0.25, -0.2) is 8.78 Å². The van der Waals surface area contributed by atoms with Crippen LogP contribution < -0.4 is 10.6 Å². The molecule has 0 aromatic heterocycles. The minimum atomic E-state index is -0.442.